The first-order chi connectivity index (χ1) is 10.5. The van der Waals surface area contributed by atoms with Crippen molar-refractivity contribution >= 4 is 0 Å². The maximum absolute atomic E-state index is 10.5. The number of nitrogens with zero attached hydrogens (tertiary/aromatic N) is 1. The third-order valence-electron chi connectivity index (χ3n) is 3.97. The molecular weight excluding hydrogens is 290 g/mol. The average Bonchev–Trinajstić information content (AvgIpc) is 2.62. The zero-order valence-corrected chi connectivity index (χ0v) is 13.4. The first-order valence-corrected chi connectivity index (χ1v) is 7.99. The lowest BCUT2D eigenvalue weighted by molar-refractivity contribution is -0.214. The SMILES string of the molecule is CC(CO)C[C@@H](CN=O)C[C@@H](C)OC1OCC(O)CC[C@@H]1O. The predicted molar refractivity (Wildman–Crippen MR) is 81.2 cm³/mol. The number of aliphatic hydroxyl groups excluding tert-OH is 3. The third kappa shape index (κ3) is 7.11. The molecule has 22 heavy (non-hydrogen) atoms. The second-order valence-electron chi connectivity index (χ2n) is 6.38. The van der Waals surface area contributed by atoms with E-state index in [0.29, 0.717) is 25.7 Å². The summed E-state index contributed by atoms with van der Waals surface area (Å²) in [5.74, 6) is 0.136. The molecule has 1 rings (SSSR count). The van der Waals surface area contributed by atoms with Crippen molar-refractivity contribution in [3.63, 3.8) is 0 Å². The first-order valence-electron chi connectivity index (χ1n) is 7.99. The van der Waals surface area contributed by atoms with E-state index in [0.717, 1.165) is 0 Å². The highest BCUT2D eigenvalue weighted by Crippen LogP contribution is 2.22. The third-order valence-corrected chi connectivity index (χ3v) is 3.97. The number of rotatable bonds is 9. The van der Waals surface area contributed by atoms with Gasteiger partial charge < -0.3 is 24.8 Å². The Bertz CT molecular complexity index is 316. The summed E-state index contributed by atoms with van der Waals surface area (Å²) in [4.78, 5) is 10.5. The molecule has 3 unspecified atom stereocenters. The summed E-state index contributed by atoms with van der Waals surface area (Å²) >= 11 is 0. The Hall–Kier alpha value is -0.600. The van der Waals surface area contributed by atoms with E-state index in [1.807, 2.05) is 13.8 Å². The Labute approximate surface area is 131 Å². The van der Waals surface area contributed by atoms with Crippen LogP contribution in [-0.2, 0) is 9.47 Å². The van der Waals surface area contributed by atoms with Crippen LogP contribution >= 0.6 is 0 Å². The molecule has 0 amide bonds. The zero-order valence-electron chi connectivity index (χ0n) is 13.4. The van der Waals surface area contributed by atoms with Crippen molar-refractivity contribution in [1.82, 2.24) is 0 Å². The van der Waals surface area contributed by atoms with Gasteiger partial charge in [-0.15, -0.1) is 0 Å². The fourth-order valence-electron chi connectivity index (χ4n) is 2.78. The summed E-state index contributed by atoms with van der Waals surface area (Å²) < 4.78 is 11.1. The Morgan fingerprint density at radius 2 is 2.00 bits per heavy atom. The second-order valence-corrected chi connectivity index (χ2v) is 6.38. The van der Waals surface area contributed by atoms with Gasteiger partial charge in [-0.3, -0.25) is 0 Å². The van der Waals surface area contributed by atoms with Crippen LogP contribution in [0.5, 0.6) is 0 Å². The smallest absolute Gasteiger partial charge is 0.183 e. The standard InChI is InChI=1S/C15H29NO6/c1-10(8-17)5-12(7-16-20)6-11(2)22-15-14(19)4-3-13(18)9-21-15/h10-15,17-19H,3-9H2,1-2H3/t10?,11-,12-,13?,14+,15?/m1/s1. The highest BCUT2D eigenvalue weighted by atomic mass is 16.7. The summed E-state index contributed by atoms with van der Waals surface area (Å²) in [5, 5.41) is 31.6. The molecule has 1 saturated heterocycles. The Morgan fingerprint density at radius 1 is 1.27 bits per heavy atom. The van der Waals surface area contributed by atoms with Crippen LogP contribution in [0.25, 0.3) is 0 Å². The number of hydrogen-bond acceptors (Lipinski definition) is 7. The van der Waals surface area contributed by atoms with Gasteiger partial charge in [-0.05, 0) is 44.4 Å². The topological polar surface area (TPSA) is 109 Å². The van der Waals surface area contributed by atoms with E-state index in [2.05, 4.69) is 5.18 Å². The fraction of sp³-hybridized carbons (Fsp3) is 1.00. The lowest BCUT2D eigenvalue weighted by atomic mass is 9.92. The number of aliphatic hydroxyl groups is 3. The van der Waals surface area contributed by atoms with Gasteiger partial charge in [-0.1, -0.05) is 12.1 Å². The number of hydrogen-bond donors (Lipinski definition) is 3. The van der Waals surface area contributed by atoms with Crippen molar-refractivity contribution < 1.29 is 24.8 Å². The number of nitroso groups, excluding NO2 is 1. The van der Waals surface area contributed by atoms with E-state index in [1.54, 1.807) is 0 Å². The van der Waals surface area contributed by atoms with Crippen molar-refractivity contribution in [2.45, 2.75) is 64.1 Å². The summed E-state index contributed by atoms with van der Waals surface area (Å²) in [5.41, 5.74) is 0. The van der Waals surface area contributed by atoms with Gasteiger partial charge in [0.2, 0.25) is 0 Å². The van der Waals surface area contributed by atoms with Crippen LogP contribution in [0, 0.1) is 16.7 Å². The lowest BCUT2D eigenvalue weighted by Crippen LogP contribution is -2.34. The molecule has 7 heteroatoms. The molecule has 130 valence electrons. The maximum Gasteiger partial charge on any atom is 0.183 e. The van der Waals surface area contributed by atoms with E-state index >= 15 is 0 Å². The zero-order chi connectivity index (χ0) is 16.5. The minimum Gasteiger partial charge on any atom is -0.396 e. The molecule has 6 atom stereocenters. The minimum atomic E-state index is -0.765. The van der Waals surface area contributed by atoms with Crippen molar-refractivity contribution in [3.05, 3.63) is 4.91 Å². The molecule has 0 aromatic rings. The predicted octanol–water partition coefficient (Wildman–Crippen LogP) is 1.04. The van der Waals surface area contributed by atoms with Gasteiger partial charge in [-0.25, -0.2) is 0 Å². The maximum atomic E-state index is 10.5. The van der Waals surface area contributed by atoms with Gasteiger partial charge in [0.15, 0.2) is 6.29 Å². The molecular formula is C15H29NO6. The highest BCUT2D eigenvalue weighted by Gasteiger charge is 2.29. The summed E-state index contributed by atoms with van der Waals surface area (Å²) in [6.07, 6.45) is -0.0940. The Balaban J connectivity index is 2.47. The van der Waals surface area contributed by atoms with Crippen molar-refractivity contribution in [2.24, 2.45) is 17.0 Å². The highest BCUT2D eigenvalue weighted by molar-refractivity contribution is 4.73. The molecule has 0 spiro atoms. The molecule has 0 aliphatic carbocycles. The molecule has 3 N–H and O–H groups in total. The van der Waals surface area contributed by atoms with E-state index in [1.165, 1.54) is 0 Å². The molecule has 1 aliphatic rings. The molecule has 0 saturated carbocycles. The number of ether oxygens (including phenoxy) is 2. The van der Waals surface area contributed by atoms with Crippen LogP contribution in [0.3, 0.4) is 0 Å². The van der Waals surface area contributed by atoms with Crippen molar-refractivity contribution in [3.8, 4) is 0 Å². The van der Waals surface area contributed by atoms with Gasteiger partial charge >= 0.3 is 0 Å². The largest absolute Gasteiger partial charge is 0.396 e. The first kappa shape index (κ1) is 19.4. The second kappa shape index (κ2) is 10.2. The lowest BCUT2D eigenvalue weighted by Gasteiger charge is -2.27. The van der Waals surface area contributed by atoms with Crippen LogP contribution < -0.4 is 0 Å². The monoisotopic (exact) mass is 319 g/mol. The van der Waals surface area contributed by atoms with Crippen LogP contribution in [0.1, 0.15) is 39.5 Å². The van der Waals surface area contributed by atoms with E-state index in [4.69, 9.17) is 14.6 Å². The summed E-state index contributed by atoms with van der Waals surface area (Å²) in [6, 6.07) is 0. The quantitative estimate of drug-likeness (QED) is 0.548. The molecule has 0 bridgehead atoms. The summed E-state index contributed by atoms with van der Waals surface area (Å²) in [7, 11) is 0. The normalized spacial score (nSPS) is 30.3. The molecule has 1 heterocycles. The Kier molecular flexibility index (Phi) is 9.04. The molecule has 1 aliphatic heterocycles. The van der Waals surface area contributed by atoms with Gasteiger partial charge in [0.1, 0.15) is 6.10 Å². The van der Waals surface area contributed by atoms with Gasteiger partial charge in [-0.2, -0.15) is 4.91 Å². The molecule has 1 fully saturated rings. The van der Waals surface area contributed by atoms with E-state index in [9.17, 15) is 15.1 Å². The van der Waals surface area contributed by atoms with Gasteiger partial charge in [0.25, 0.3) is 0 Å². The summed E-state index contributed by atoms with van der Waals surface area (Å²) in [6.45, 7) is 4.19. The van der Waals surface area contributed by atoms with Crippen LogP contribution in [0.15, 0.2) is 5.18 Å². The fourth-order valence-corrected chi connectivity index (χ4v) is 2.78. The molecule has 0 aromatic carbocycles. The molecule has 0 radical (unpaired) electrons. The van der Waals surface area contributed by atoms with E-state index in [-0.39, 0.29) is 37.7 Å². The average molecular weight is 319 g/mol. The Morgan fingerprint density at radius 3 is 2.64 bits per heavy atom. The van der Waals surface area contributed by atoms with E-state index < -0.39 is 18.5 Å². The van der Waals surface area contributed by atoms with Gasteiger partial charge in [0.05, 0.1) is 25.4 Å². The van der Waals surface area contributed by atoms with Crippen LogP contribution in [-0.4, -0.2) is 59.7 Å². The molecule has 0 aromatic heterocycles. The van der Waals surface area contributed by atoms with Crippen LogP contribution in [0.2, 0.25) is 0 Å². The van der Waals surface area contributed by atoms with Crippen molar-refractivity contribution in [1.29, 1.82) is 0 Å². The van der Waals surface area contributed by atoms with Gasteiger partial charge in [0, 0.05) is 6.61 Å². The minimum absolute atomic E-state index is 0.0307. The van der Waals surface area contributed by atoms with Crippen LogP contribution in [0.4, 0.5) is 0 Å². The van der Waals surface area contributed by atoms with Crippen molar-refractivity contribution in [2.75, 3.05) is 19.8 Å². The molecule has 7 nitrogen and oxygen atoms in total.